The van der Waals surface area contributed by atoms with Gasteiger partial charge in [-0.05, 0) is 36.8 Å². The zero-order chi connectivity index (χ0) is 20.8. The number of nitrogens with one attached hydrogen (secondary N) is 2. The molecular formula is C21H27IN6O3. The molecule has 0 spiro atoms. The van der Waals surface area contributed by atoms with Crippen LogP contribution in [0.1, 0.15) is 18.3 Å². The lowest BCUT2D eigenvalue weighted by atomic mass is 10.2. The molecule has 31 heavy (non-hydrogen) atoms. The predicted molar refractivity (Wildman–Crippen MR) is 128 cm³/mol. The molecule has 1 aromatic carbocycles. The minimum absolute atomic E-state index is 0. The molecule has 0 radical (unpaired) electrons. The predicted octanol–water partition coefficient (Wildman–Crippen LogP) is 3.09. The molecule has 0 atom stereocenters. The molecule has 0 aliphatic carbocycles. The van der Waals surface area contributed by atoms with Crippen LogP contribution in [0.15, 0.2) is 46.0 Å². The maximum Gasteiger partial charge on any atom is 0.216 e. The number of benzene rings is 1. The fourth-order valence-corrected chi connectivity index (χ4v) is 3.20. The first kappa shape index (κ1) is 22.9. The highest BCUT2D eigenvalue weighted by atomic mass is 127. The standard InChI is InChI=1S/C21H26N6O3.HI/c1-3-22-21(23-9-8-19-24-20(26-25-19)17-5-4-10-28-17)27(2)14-15-6-7-16-18(13-15)30-12-11-29-16;/h4-7,10,13H,3,8-9,11-12,14H2,1-2H3,(H,22,23)(H,24,25,26);1H. The molecule has 0 saturated carbocycles. The SMILES string of the molecule is CCNC(=NCCc1nc(-c2ccco2)n[nH]1)N(C)Cc1ccc2c(c1)OCCO2.I. The first-order chi connectivity index (χ1) is 14.7. The molecular weight excluding hydrogens is 511 g/mol. The molecule has 0 saturated heterocycles. The Kier molecular flexibility index (Phi) is 8.15. The van der Waals surface area contributed by atoms with E-state index < -0.39 is 0 Å². The van der Waals surface area contributed by atoms with Crippen molar-refractivity contribution >= 4 is 29.9 Å². The Labute approximate surface area is 198 Å². The minimum Gasteiger partial charge on any atom is -0.486 e. The lowest BCUT2D eigenvalue weighted by Crippen LogP contribution is -2.38. The number of nitrogens with zero attached hydrogens (tertiary/aromatic N) is 4. The van der Waals surface area contributed by atoms with E-state index in [9.17, 15) is 0 Å². The molecule has 1 aliphatic heterocycles. The van der Waals surface area contributed by atoms with Crippen molar-refractivity contribution in [2.75, 3.05) is 33.4 Å². The molecule has 10 heteroatoms. The molecule has 0 amide bonds. The largest absolute Gasteiger partial charge is 0.486 e. The number of halogens is 1. The normalized spacial score (nSPS) is 12.9. The van der Waals surface area contributed by atoms with Crippen molar-refractivity contribution in [3.8, 4) is 23.1 Å². The van der Waals surface area contributed by atoms with Crippen LogP contribution < -0.4 is 14.8 Å². The van der Waals surface area contributed by atoms with E-state index in [1.807, 2.05) is 31.3 Å². The summed E-state index contributed by atoms with van der Waals surface area (Å²) in [5.74, 6) is 4.41. The van der Waals surface area contributed by atoms with Gasteiger partial charge >= 0.3 is 0 Å². The number of aromatic nitrogens is 3. The highest BCUT2D eigenvalue weighted by Gasteiger charge is 2.14. The summed E-state index contributed by atoms with van der Waals surface area (Å²) in [5, 5.41) is 10.5. The van der Waals surface area contributed by atoms with Crippen molar-refractivity contribution in [1.82, 2.24) is 25.4 Å². The lowest BCUT2D eigenvalue weighted by molar-refractivity contribution is 0.171. The number of aliphatic imine (C=N–C) groups is 1. The zero-order valence-electron chi connectivity index (χ0n) is 17.6. The smallest absolute Gasteiger partial charge is 0.216 e. The fraction of sp³-hybridized carbons (Fsp3) is 0.381. The van der Waals surface area contributed by atoms with Crippen LogP contribution in [-0.2, 0) is 13.0 Å². The van der Waals surface area contributed by atoms with Crippen molar-refractivity contribution in [2.24, 2.45) is 4.99 Å². The summed E-state index contributed by atoms with van der Waals surface area (Å²) in [6.45, 7) is 5.31. The van der Waals surface area contributed by atoms with Crippen LogP contribution >= 0.6 is 24.0 Å². The number of fused-ring (bicyclic) bond motifs is 1. The van der Waals surface area contributed by atoms with E-state index in [4.69, 9.17) is 18.9 Å². The van der Waals surface area contributed by atoms with Crippen LogP contribution in [0, 0.1) is 0 Å². The molecule has 9 nitrogen and oxygen atoms in total. The summed E-state index contributed by atoms with van der Waals surface area (Å²) in [6.07, 6.45) is 2.26. The van der Waals surface area contributed by atoms with Gasteiger partial charge in [-0.3, -0.25) is 10.1 Å². The van der Waals surface area contributed by atoms with Gasteiger partial charge in [0.2, 0.25) is 5.82 Å². The number of rotatable bonds is 7. The summed E-state index contributed by atoms with van der Waals surface area (Å²) in [7, 11) is 2.02. The quantitative estimate of drug-likeness (QED) is 0.271. The van der Waals surface area contributed by atoms with E-state index in [1.165, 1.54) is 0 Å². The molecule has 2 N–H and O–H groups in total. The van der Waals surface area contributed by atoms with Crippen LogP contribution in [0.2, 0.25) is 0 Å². The number of guanidine groups is 1. The molecule has 4 rings (SSSR count). The summed E-state index contributed by atoms with van der Waals surface area (Å²) >= 11 is 0. The third kappa shape index (κ3) is 5.90. The van der Waals surface area contributed by atoms with Gasteiger partial charge in [-0.15, -0.1) is 24.0 Å². The topological polar surface area (TPSA) is 101 Å². The van der Waals surface area contributed by atoms with E-state index in [2.05, 4.69) is 38.4 Å². The van der Waals surface area contributed by atoms with Gasteiger partial charge in [-0.25, -0.2) is 4.98 Å². The Morgan fingerprint density at radius 2 is 2.06 bits per heavy atom. The second kappa shape index (κ2) is 11.0. The van der Waals surface area contributed by atoms with Gasteiger partial charge in [0.25, 0.3) is 0 Å². The first-order valence-corrected chi connectivity index (χ1v) is 10.1. The zero-order valence-corrected chi connectivity index (χ0v) is 20.0. The molecule has 166 valence electrons. The van der Waals surface area contributed by atoms with E-state index in [0.717, 1.165) is 35.4 Å². The summed E-state index contributed by atoms with van der Waals surface area (Å²) < 4.78 is 16.6. The van der Waals surface area contributed by atoms with Gasteiger partial charge in [0.15, 0.2) is 23.2 Å². The number of ether oxygens (including phenoxy) is 2. The Bertz CT molecular complexity index is 989. The summed E-state index contributed by atoms with van der Waals surface area (Å²) in [5.41, 5.74) is 1.13. The van der Waals surface area contributed by atoms with Gasteiger partial charge < -0.3 is 24.1 Å². The van der Waals surface area contributed by atoms with Crippen molar-refractivity contribution in [3.05, 3.63) is 48.0 Å². The minimum atomic E-state index is 0. The van der Waals surface area contributed by atoms with Crippen LogP contribution in [0.25, 0.3) is 11.6 Å². The van der Waals surface area contributed by atoms with E-state index in [0.29, 0.717) is 44.3 Å². The van der Waals surface area contributed by atoms with Crippen LogP contribution in [-0.4, -0.2) is 59.4 Å². The molecule has 0 fully saturated rings. The Morgan fingerprint density at radius 3 is 2.84 bits per heavy atom. The Hall–Kier alpha value is -2.76. The van der Waals surface area contributed by atoms with E-state index in [1.54, 1.807) is 6.26 Å². The van der Waals surface area contributed by atoms with Crippen molar-refractivity contribution in [2.45, 2.75) is 19.9 Å². The van der Waals surface area contributed by atoms with Gasteiger partial charge in [0, 0.05) is 33.1 Å². The number of hydrogen-bond donors (Lipinski definition) is 2. The van der Waals surface area contributed by atoms with Crippen molar-refractivity contribution in [1.29, 1.82) is 0 Å². The fourth-order valence-electron chi connectivity index (χ4n) is 3.20. The molecule has 0 bridgehead atoms. The molecule has 3 aromatic rings. The van der Waals surface area contributed by atoms with Gasteiger partial charge in [0.1, 0.15) is 19.0 Å². The molecule has 2 aromatic heterocycles. The van der Waals surface area contributed by atoms with Gasteiger partial charge in [0.05, 0.1) is 6.26 Å². The molecule has 1 aliphatic rings. The van der Waals surface area contributed by atoms with E-state index >= 15 is 0 Å². The summed E-state index contributed by atoms with van der Waals surface area (Å²) in [6, 6.07) is 9.69. The van der Waals surface area contributed by atoms with Crippen LogP contribution in [0.5, 0.6) is 11.5 Å². The third-order valence-corrected chi connectivity index (χ3v) is 4.61. The average Bonchev–Trinajstić information content (AvgIpc) is 3.45. The Morgan fingerprint density at radius 1 is 1.23 bits per heavy atom. The molecule has 3 heterocycles. The van der Waals surface area contributed by atoms with Crippen molar-refractivity contribution < 1.29 is 13.9 Å². The maximum absolute atomic E-state index is 5.68. The average molecular weight is 538 g/mol. The van der Waals surface area contributed by atoms with E-state index in [-0.39, 0.29) is 24.0 Å². The number of aromatic amines is 1. The summed E-state index contributed by atoms with van der Waals surface area (Å²) in [4.78, 5) is 11.3. The third-order valence-electron chi connectivity index (χ3n) is 4.61. The van der Waals surface area contributed by atoms with Gasteiger partial charge in [-0.2, -0.15) is 5.10 Å². The van der Waals surface area contributed by atoms with Crippen molar-refractivity contribution in [3.63, 3.8) is 0 Å². The van der Waals surface area contributed by atoms with Gasteiger partial charge in [-0.1, -0.05) is 6.07 Å². The number of hydrogen-bond acceptors (Lipinski definition) is 6. The number of furan rings is 1. The monoisotopic (exact) mass is 538 g/mol. The molecule has 0 unspecified atom stereocenters. The maximum atomic E-state index is 5.68. The van der Waals surface area contributed by atoms with Crippen LogP contribution in [0.4, 0.5) is 0 Å². The second-order valence-electron chi connectivity index (χ2n) is 6.90. The highest BCUT2D eigenvalue weighted by Crippen LogP contribution is 2.31. The number of H-pyrrole nitrogens is 1. The second-order valence-corrected chi connectivity index (χ2v) is 6.90. The Balaban J connectivity index is 0.00000272. The lowest BCUT2D eigenvalue weighted by Gasteiger charge is -2.23. The highest BCUT2D eigenvalue weighted by molar-refractivity contribution is 14.0. The first-order valence-electron chi connectivity index (χ1n) is 10.1. The van der Waals surface area contributed by atoms with Crippen LogP contribution in [0.3, 0.4) is 0 Å².